The summed E-state index contributed by atoms with van der Waals surface area (Å²) in [7, 11) is 0. The molecule has 0 saturated carbocycles. The smallest absolute Gasteiger partial charge is 0.322 e. The third-order valence-corrected chi connectivity index (χ3v) is 5.03. The van der Waals surface area contributed by atoms with Gasteiger partial charge in [0.15, 0.2) is 0 Å². The van der Waals surface area contributed by atoms with Crippen molar-refractivity contribution in [3.63, 3.8) is 0 Å². The summed E-state index contributed by atoms with van der Waals surface area (Å²) in [6, 6.07) is 14.6. The Balaban J connectivity index is 1.68. The maximum Gasteiger partial charge on any atom is 0.322 e. The molecule has 1 fully saturated rings. The lowest BCUT2D eigenvalue weighted by molar-refractivity contribution is -0.907. The van der Waals surface area contributed by atoms with E-state index in [9.17, 15) is 4.79 Å². The van der Waals surface area contributed by atoms with Gasteiger partial charge in [0.05, 0.1) is 26.3 Å². The first-order chi connectivity index (χ1) is 13.1. The van der Waals surface area contributed by atoms with Crippen LogP contribution < -0.4 is 10.2 Å². The number of carbonyl (C=O) groups is 1. The summed E-state index contributed by atoms with van der Waals surface area (Å²) in [6.45, 7) is 5.52. The van der Waals surface area contributed by atoms with Crippen LogP contribution in [0.25, 0.3) is 0 Å². The Hall–Kier alpha value is -1.79. The minimum absolute atomic E-state index is 0.148. The molecule has 2 aromatic carbocycles. The Morgan fingerprint density at radius 3 is 2.48 bits per heavy atom. The molecule has 1 saturated heterocycles. The normalized spacial score (nSPS) is 14.7. The number of amides is 2. The molecular weight excluding hydrogens is 385 g/mol. The van der Waals surface area contributed by atoms with Crippen molar-refractivity contribution in [3.05, 3.63) is 64.1 Å². The maximum atomic E-state index is 12.9. The molecule has 0 unspecified atom stereocenters. The van der Waals surface area contributed by atoms with Crippen molar-refractivity contribution < 1.29 is 14.4 Å². The molecule has 2 aromatic rings. The van der Waals surface area contributed by atoms with Gasteiger partial charge in [-0.15, -0.1) is 0 Å². The molecule has 0 radical (unpaired) electrons. The first kappa shape index (κ1) is 20.0. The molecule has 0 atom stereocenters. The highest BCUT2D eigenvalue weighted by Gasteiger charge is 2.19. The number of nitrogens with zero attached hydrogens (tertiary/aromatic N) is 1. The van der Waals surface area contributed by atoms with E-state index in [1.807, 2.05) is 41.3 Å². The van der Waals surface area contributed by atoms with E-state index < -0.39 is 0 Å². The van der Waals surface area contributed by atoms with Crippen LogP contribution in [0.1, 0.15) is 5.56 Å². The van der Waals surface area contributed by atoms with Crippen LogP contribution in [0.3, 0.4) is 0 Å². The van der Waals surface area contributed by atoms with Crippen molar-refractivity contribution in [2.75, 3.05) is 44.7 Å². The standard InChI is InChI=1S/C20H23Cl2N3O2/c21-17-4-1-3-16(13-17)15-25(8-7-24-9-11-27-12-10-24)20(26)23-19-6-2-5-18(22)14-19/h1-6,13-14H,7-12,15H2,(H,23,26)/p+1. The van der Waals surface area contributed by atoms with Crippen LogP contribution in [0.5, 0.6) is 0 Å². The third kappa shape index (κ3) is 6.40. The number of hydrogen-bond donors (Lipinski definition) is 2. The molecule has 2 amide bonds. The van der Waals surface area contributed by atoms with Crippen LogP contribution in [0.2, 0.25) is 10.0 Å². The fraction of sp³-hybridized carbons (Fsp3) is 0.350. The first-order valence-electron chi connectivity index (χ1n) is 9.07. The van der Waals surface area contributed by atoms with Crippen LogP contribution in [0.4, 0.5) is 10.5 Å². The second kappa shape index (κ2) is 9.95. The molecule has 3 rings (SSSR count). The molecule has 0 aliphatic carbocycles. The SMILES string of the molecule is O=C(Nc1cccc(Cl)c1)N(CC[NH+]1CCOCC1)Cc1cccc(Cl)c1. The first-order valence-corrected chi connectivity index (χ1v) is 9.83. The summed E-state index contributed by atoms with van der Waals surface area (Å²) in [5, 5.41) is 4.20. The van der Waals surface area contributed by atoms with Gasteiger partial charge in [-0.2, -0.15) is 0 Å². The number of carbonyl (C=O) groups excluding carboxylic acids is 1. The van der Waals surface area contributed by atoms with Crippen LogP contribution in [0.15, 0.2) is 48.5 Å². The molecule has 7 heteroatoms. The summed E-state index contributed by atoms with van der Waals surface area (Å²) < 4.78 is 5.41. The largest absolute Gasteiger partial charge is 0.370 e. The second-order valence-electron chi connectivity index (χ2n) is 6.60. The predicted octanol–water partition coefficient (Wildman–Crippen LogP) is 2.94. The Bertz CT molecular complexity index is 766. The van der Waals surface area contributed by atoms with E-state index in [1.165, 1.54) is 4.90 Å². The number of hydrogen-bond acceptors (Lipinski definition) is 2. The number of urea groups is 1. The van der Waals surface area contributed by atoms with Crippen molar-refractivity contribution >= 4 is 34.9 Å². The molecule has 0 spiro atoms. The number of rotatable bonds is 6. The lowest BCUT2D eigenvalue weighted by atomic mass is 10.2. The van der Waals surface area contributed by atoms with E-state index in [4.69, 9.17) is 27.9 Å². The zero-order valence-corrected chi connectivity index (χ0v) is 16.6. The fourth-order valence-electron chi connectivity index (χ4n) is 3.08. The van der Waals surface area contributed by atoms with Gasteiger partial charge < -0.3 is 19.9 Å². The van der Waals surface area contributed by atoms with Crippen LogP contribution in [-0.2, 0) is 11.3 Å². The number of morpholine rings is 1. The van der Waals surface area contributed by atoms with E-state index in [-0.39, 0.29) is 6.03 Å². The zero-order chi connectivity index (χ0) is 19.1. The molecule has 1 aliphatic heterocycles. The second-order valence-corrected chi connectivity index (χ2v) is 7.48. The van der Waals surface area contributed by atoms with Gasteiger partial charge >= 0.3 is 6.03 Å². The van der Waals surface area contributed by atoms with Gasteiger partial charge in [-0.3, -0.25) is 0 Å². The minimum Gasteiger partial charge on any atom is -0.370 e. The van der Waals surface area contributed by atoms with Crippen molar-refractivity contribution in [1.29, 1.82) is 0 Å². The quantitative estimate of drug-likeness (QED) is 0.771. The average Bonchev–Trinajstić information content (AvgIpc) is 2.66. The molecule has 1 aliphatic rings. The molecular formula is C20H24Cl2N3O2+. The van der Waals surface area contributed by atoms with E-state index in [0.717, 1.165) is 38.4 Å². The summed E-state index contributed by atoms with van der Waals surface area (Å²) >= 11 is 12.1. The van der Waals surface area contributed by atoms with Crippen LogP contribution in [-0.4, -0.2) is 50.3 Å². The molecule has 144 valence electrons. The summed E-state index contributed by atoms with van der Waals surface area (Å²) in [5.74, 6) is 0. The summed E-state index contributed by atoms with van der Waals surface area (Å²) in [6.07, 6.45) is 0. The molecule has 0 aromatic heterocycles. The van der Waals surface area contributed by atoms with Gasteiger partial charge in [-0.25, -0.2) is 4.79 Å². The van der Waals surface area contributed by atoms with Crippen molar-refractivity contribution in [1.82, 2.24) is 4.90 Å². The molecule has 0 bridgehead atoms. The predicted molar refractivity (Wildman–Crippen MR) is 109 cm³/mol. The Morgan fingerprint density at radius 2 is 1.78 bits per heavy atom. The lowest BCUT2D eigenvalue weighted by Gasteiger charge is -2.28. The fourth-order valence-corrected chi connectivity index (χ4v) is 3.48. The van der Waals surface area contributed by atoms with Gasteiger partial charge in [0.2, 0.25) is 0 Å². The van der Waals surface area contributed by atoms with Crippen LogP contribution >= 0.6 is 23.2 Å². The topological polar surface area (TPSA) is 46.0 Å². The van der Waals surface area contributed by atoms with E-state index in [0.29, 0.717) is 28.8 Å². The van der Waals surface area contributed by atoms with E-state index in [2.05, 4.69) is 5.32 Å². The highest BCUT2D eigenvalue weighted by atomic mass is 35.5. The Labute approximate surface area is 169 Å². The molecule has 5 nitrogen and oxygen atoms in total. The van der Waals surface area contributed by atoms with Gasteiger partial charge in [-0.1, -0.05) is 41.4 Å². The van der Waals surface area contributed by atoms with Gasteiger partial charge in [0, 0.05) is 22.3 Å². The molecule has 27 heavy (non-hydrogen) atoms. The summed E-state index contributed by atoms with van der Waals surface area (Å²) in [5.41, 5.74) is 1.68. The highest BCUT2D eigenvalue weighted by molar-refractivity contribution is 6.31. The molecule has 2 N–H and O–H groups in total. The maximum absolute atomic E-state index is 12.9. The number of anilines is 1. The number of ether oxygens (including phenoxy) is 1. The highest BCUT2D eigenvalue weighted by Crippen LogP contribution is 2.17. The summed E-state index contributed by atoms with van der Waals surface area (Å²) in [4.78, 5) is 16.2. The van der Waals surface area contributed by atoms with Crippen molar-refractivity contribution in [3.8, 4) is 0 Å². The molecule has 1 heterocycles. The van der Waals surface area contributed by atoms with E-state index in [1.54, 1.807) is 12.1 Å². The van der Waals surface area contributed by atoms with Gasteiger partial charge in [-0.05, 0) is 35.9 Å². The van der Waals surface area contributed by atoms with Gasteiger partial charge in [0.25, 0.3) is 0 Å². The zero-order valence-electron chi connectivity index (χ0n) is 15.1. The van der Waals surface area contributed by atoms with Crippen LogP contribution in [0, 0.1) is 0 Å². The lowest BCUT2D eigenvalue weighted by Crippen LogP contribution is -3.14. The number of benzene rings is 2. The number of quaternary nitrogens is 1. The van der Waals surface area contributed by atoms with Crippen molar-refractivity contribution in [2.24, 2.45) is 0 Å². The monoisotopic (exact) mass is 408 g/mol. The number of nitrogens with one attached hydrogen (secondary N) is 2. The minimum atomic E-state index is -0.148. The third-order valence-electron chi connectivity index (χ3n) is 4.56. The Kier molecular flexibility index (Phi) is 7.35. The average molecular weight is 409 g/mol. The van der Waals surface area contributed by atoms with Gasteiger partial charge in [0.1, 0.15) is 13.1 Å². The van der Waals surface area contributed by atoms with Crippen molar-refractivity contribution in [2.45, 2.75) is 6.54 Å². The Morgan fingerprint density at radius 1 is 1.07 bits per heavy atom. The number of halogens is 2. The van der Waals surface area contributed by atoms with E-state index >= 15 is 0 Å².